The van der Waals surface area contributed by atoms with Gasteiger partial charge >= 0.3 is 0 Å². The molecule has 6 heterocycles. The monoisotopic (exact) mass is 468 g/mol. The van der Waals surface area contributed by atoms with Crippen molar-refractivity contribution in [1.82, 2.24) is 24.5 Å². The van der Waals surface area contributed by atoms with Gasteiger partial charge in [-0.05, 0) is 41.8 Å². The maximum atomic E-state index is 4.62. The van der Waals surface area contributed by atoms with Gasteiger partial charge in [-0.15, -0.1) is 0 Å². The molecule has 1 aliphatic carbocycles. The molecule has 0 radical (unpaired) electrons. The van der Waals surface area contributed by atoms with Crippen molar-refractivity contribution in [3.05, 3.63) is 110 Å². The van der Waals surface area contributed by atoms with Crippen LogP contribution in [0, 0.1) is 5.92 Å². The van der Waals surface area contributed by atoms with Crippen LogP contribution in [0.15, 0.2) is 115 Å². The maximum Gasteiger partial charge on any atom is 0.250 e. The number of nitrogens with one attached hydrogen (secondary N) is 2. The van der Waals surface area contributed by atoms with E-state index in [0.29, 0.717) is 0 Å². The van der Waals surface area contributed by atoms with Crippen LogP contribution in [0.5, 0.6) is 0 Å². The first kappa shape index (κ1) is 20.3. The Morgan fingerprint density at radius 2 is 1.61 bits per heavy atom. The molecule has 0 fully saturated rings. The van der Waals surface area contributed by atoms with Crippen LogP contribution in [-0.4, -0.2) is 41.1 Å². The molecule has 0 saturated heterocycles. The molecule has 0 bridgehead atoms. The highest BCUT2D eigenvalue weighted by Gasteiger charge is 2.28. The molecule has 1 aromatic carbocycles. The molecular formula is C29H22N7+. The molecule has 36 heavy (non-hydrogen) atoms. The lowest BCUT2D eigenvalue weighted by molar-refractivity contribution is -0.435. The zero-order valence-corrected chi connectivity index (χ0v) is 19.3. The van der Waals surface area contributed by atoms with E-state index in [9.17, 15) is 0 Å². The average molecular weight is 469 g/mol. The highest BCUT2D eigenvalue weighted by molar-refractivity contribution is 6.09. The molecule has 1 aliphatic heterocycles. The number of aromatic amines is 2. The first-order valence-electron chi connectivity index (χ1n) is 11.8. The van der Waals surface area contributed by atoms with Gasteiger partial charge in [-0.25, -0.2) is 9.97 Å². The van der Waals surface area contributed by atoms with Gasteiger partial charge in [-0.3, -0.25) is 0 Å². The van der Waals surface area contributed by atoms with Crippen molar-refractivity contribution in [3.8, 4) is 5.69 Å². The minimum atomic E-state index is 0.289. The van der Waals surface area contributed by atoms with Crippen LogP contribution in [0.25, 0.3) is 38.7 Å². The summed E-state index contributed by atoms with van der Waals surface area (Å²) in [7, 11) is 0. The minimum absolute atomic E-state index is 0.289. The van der Waals surface area contributed by atoms with E-state index in [1.807, 2.05) is 47.6 Å². The van der Waals surface area contributed by atoms with Crippen LogP contribution in [0.2, 0.25) is 0 Å². The molecule has 0 amide bonds. The molecule has 7 nitrogen and oxygen atoms in total. The first-order valence-corrected chi connectivity index (χ1v) is 11.8. The molecule has 5 aromatic heterocycles. The third kappa shape index (κ3) is 3.37. The Morgan fingerprint density at radius 1 is 0.806 bits per heavy atom. The number of hydrazone groups is 1. The van der Waals surface area contributed by atoms with E-state index in [1.54, 1.807) is 6.20 Å². The number of benzene rings is 1. The molecule has 2 aliphatic rings. The highest BCUT2D eigenvalue weighted by atomic mass is 15.4. The number of pyridine rings is 2. The standard InChI is InChI=1S/C15H11N3.C14H11N4/c1-2-4-13-11(3-1)7-10-18(13)14-6-9-17-15-12(14)5-8-16-15;1-2-4-12-10(3-1)9-18(17-12)13-6-8-16-14-11(13)5-7-15-14/h1-10H,(H,16,17);1-10H,(H,15,16)/q;+1. The number of para-hydroxylation sites is 1. The second kappa shape index (κ2) is 8.32. The second-order valence-corrected chi connectivity index (χ2v) is 8.67. The van der Waals surface area contributed by atoms with Crippen LogP contribution >= 0.6 is 0 Å². The Morgan fingerprint density at radius 3 is 2.50 bits per heavy atom. The highest BCUT2D eigenvalue weighted by Crippen LogP contribution is 2.27. The smallest absolute Gasteiger partial charge is 0.250 e. The second-order valence-electron chi connectivity index (χ2n) is 8.67. The first-order chi connectivity index (χ1) is 17.8. The quantitative estimate of drug-likeness (QED) is 0.311. The van der Waals surface area contributed by atoms with E-state index in [-0.39, 0.29) is 5.92 Å². The summed E-state index contributed by atoms with van der Waals surface area (Å²) in [6, 6.07) is 18.6. The molecular weight excluding hydrogens is 446 g/mol. The number of H-pyrrole nitrogens is 2. The normalized spacial score (nSPS) is 16.2. The van der Waals surface area contributed by atoms with Crippen molar-refractivity contribution in [2.24, 2.45) is 11.0 Å². The number of aromatic nitrogens is 5. The molecule has 8 rings (SSSR count). The summed E-state index contributed by atoms with van der Waals surface area (Å²) in [6.45, 7) is 0. The predicted octanol–water partition coefficient (Wildman–Crippen LogP) is 5.90. The Kier molecular flexibility index (Phi) is 4.70. The average Bonchev–Trinajstić information content (AvgIpc) is 3.72. The zero-order valence-electron chi connectivity index (χ0n) is 19.3. The Labute approximate surface area is 206 Å². The summed E-state index contributed by atoms with van der Waals surface area (Å²) in [4.78, 5) is 14.9. The molecule has 2 N–H and O–H groups in total. The van der Waals surface area contributed by atoms with Crippen molar-refractivity contribution in [2.75, 3.05) is 0 Å². The van der Waals surface area contributed by atoms with Crippen LogP contribution in [0.3, 0.4) is 0 Å². The van der Waals surface area contributed by atoms with Gasteiger partial charge in [0.05, 0.1) is 16.6 Å². The number of hydrogen-bond donors (Lipinski definition) is 2. The van der Waals surface area contributed by atoms with E-state index in [4.69, 9.17) is 0 Å². The van der Waals surface area contributed by atoms with E-state index in [2.05, 4.69) is 96.6 Å². The third-order valence-electron chi connectivity index (χ3n) is 6.54. The molecule has 0 spiro atoms. The van der Waals surface area contributed by atoms with E-state index < -0.39 is 0 Å². The van der Waals surface area contributed by atoms with Crippen LogP contribution < -0.4 is 0 Å². The third-order valence-corrected chi connectivity index (χ3v) is 6.54. The SMILES string of the molecule is C1=CC2=N[N+](c3ccnc4[nH]ccc34)=CC2C=C1.c1ccc2c(c1)ccn2-c1ccnc2[nH]ccc12. The number of rotatable bonds is 2. The number of fused-ring (bicyclic) bond motifs is 4. The summed E-state index contributed by atoms with van der Waals surface area (Å²) in [5, 5.41) is 8.10. The van der Waals surface area contributed by atoms with Gasteiger partial charge in [0.15, 0.2) is 6.21 Å². The van der Waals surface area contributed by atoms with Crippen molar-refractivity contribution in [1.29, 1.82) is 0 Å². The number of allylic oxidation sites excluding steroid dienone is 4. The van der Waals surface area contributed by atoms with Crippen LogP contribution in [0.4, 0.5) is 5.69 Å². The summed E-state index contributed by atoms with van der Waals surface area (Å²) >= 11 is 0. The summed E-state index contributed by atoms with van der Waals surface area (Å²) in [5.74, 6) is 0.289. The largest absolute Gasteiger partial charge is 0.346 e. The lowest BCUT2D eigenvalue weighted by Gasteiger charge is -2.06. The van der Waals surface area contributed by atoms with Gasteiger partial charge in [0.1, 0.15) is 22.9 Å². The van der Waals surface area contributed by atoms with Crippen LogP contribution in [-0.2, 0) is 0 Å². The lowest BCUT2D eigenvalue weighted by atomic mass is 10.0. The number of hydrogen-bond acceptors (Lipinski definition) is 3. The fourth-order valence-electron chi connectivity index (χ4n) is 4.81. The fraction of sp³-hybridized carbons (Fsp3) is 0.0345. The van der Waals surface area contributed by atoms with Gasteiger partial charge in [0.25, 0.3) is 0 Å². The van der Waals surface area contributed by atoms with Gasteiger partial charge in [-0.2, -0.15) is 0 Å². The molecule has 172 valence electrons. The van der Waals surface area contributed by atoms with Gasteiger partial charge in [0.2, 0.25) is 5.69 Å². The van der Waals surface area contributed by atoms with Gasteiger partial charge in [-0.1, -0.05) is 41.1 Å². The van der Waals surface area contributed by atoms with Gasteiger partial charge in [0, 0.05) is 47.5 Å². The summed E-state index contributed by atoms with van der Waals surface area (Å²) in [6.07, 6.45) is 20.0. The fourth-order valence-corrected chi connectivity index (χ4v) is 4.81. The van der Waals surface area contributed by atoms with Gasteiger partial charge < -0.3 is 14.5 Å². The summed E-state index contributed by atoms with van der Waals surface area (Å²) in [5.41, 5.74) is 6.32. The van der Waals surface area contributed by atoms with E-state index in [1.165, 1.54) is 10.9 Å². The van der Waals surface area contributed by atoms with Crippen LogP contribution in [0.1, 0.15) is 0 Å². The molecule has 1 atom stereocenters. The number of nitrogens with zero attached hydrogens (tertiary/aromatic N) is 5. The molecule has 6 aromatic rings. The Balaban J connectivity index is 0.000000122. The molecule has 7 heteroatoms. The predicted molar refractivity (Wildman–Crippen MR) is 144 cm³/mol. The van der Waals surface area contributed by atoms with Crippen molar-refractivity contribution >= 4 is 50.6 Å². The molecule has 0 saturated carbocycles. The Hall–Kier alpha value is -5.04. The minimum Gasteiger partial charge on any atom is -0.346 e. The van der Waals surface area contributed by atoms with Crippen molar-refractivity contribution in [3.63, 3.8) is 0 Å². The van der Waals surface area contributed by atoms with E-state index in [0.717, 1.165) is 39.2 Å². The molecule has 1 unspecified atom stereocenters. The van der Waals surface area contributed by atoms with Crippen molar-refractivity contribution in [2.45, 2.75) is 0 Å². The lowest BCUT2D eigenvalue weighted by Crippen LogP contribution is -2.08. The van der Waals surface area contributed by atoms with E-state index >= 15 is 0 Å². The maximum absolute atomic E-state index is 4.62. The van der Waals surface area contributed by atoms with Crippen molar-refractivity contribution < 1.29 is 4.68 Å². The zero-order chi connectivity index (χ0) is 23.9. The summed E-state index contributed by atoms with van der Waals surface area (Å²) < 4.78 is 4.14. The Bertz CT molecular complexity index is 1860. The topological polar surface area (TPSA) is 77.7 Å².